The molecule has 0 spiro atoms. The van der Waals surface area contributed by atoms with Crippen molar-refractivity contribution in [2.24, 2.45) is 0 Å². The van der Waals surface area contributed by atoms with E-state index in [1.807, 2.05) is 6.07 Å². The number of aromatic nitrogens is 3. The summed E-state index contributed by atoms with van der Waals surface area (Å²) >= 11 is 0. The predicted octanol–water partition coefficient (Wildman–Crippen LogP) is 3.72. The molecule has 3 aromatic rings. The number of pyridine rings is 1. The average Bonchev–Trinajstić information content (AvgIpc) is 3.38. The molecule has 3 heterocycles. The molecule has 216 valence electrons. The molecular formula is C29H34FN7O4. The van der Waals surface area contributed by atoms with Crippen LogP contribution in [-0.2, 0) is 4.74 Å². The van der Waals surface area contributed by atoms with Crippen LogP contribution < -0.4 is 16.0 Å². The number of amides is 2. The molecule has 41 heavy (non-hydrogen) atoms. The van der Waals surface area contributed by atoms with Crippen molar-refractivity contribution in [3.05, 3.63) is 47.8 Å². The van der Waals surface area contributed by atoms with Gasteiger partial charge in [-0.15, -0.1) is 0 Å². The maximum absolute atomic E-state index is 14.5. The highest BCUT2D eigenvalue weighted by molar-refractivity contribution is 6.00. The molecule has 12 heteroatoms. The number of carbonyl (C=O) groups is 2. The van der Waals surface area contributed by atoms with E-state index in [2.05, 4.69) is 36.8 Å². The van der Waals surface area contributed by atoms with Crippen LogP contribution in [0.4, 0.5) is 14.9 Å². The minimum atomic E-state index is -2.83. The number of carbonyl (C=O) groups excluding carboxylic acids is 2. The van der Waals surface area contributed by atoms with Crippen LogP contribution in [0.25, 0.3) is 16.9 Å². The minimum absolute atomic E-state index is 0.188. The molecule has 3 aliphatic rings. The quantitative estimate of drug-likeness (QED) is 0.322. The van der Waals surface area contributed by atoms with Crippen molar-refractivity contribution in [3.8, 4) is 17.5 Å². The van der Waals surface area contributed by atoms with Crippen molar-refractivity contribution < 1.29 is 27.9 Å². The lowest BCUT2D eigenvalue weighted by Gasteiger charge is -2.54. The lowest BCUT2D eigenvalue weighted by atomic mass is 9.61. The zero-order valence-corrected chi connectivity index (χ0v) is 22.8. The Morgan fingerprint density at radius 2 is 1.93 bits per heavy atom. The van der Waals surface area contributed by atoms with Gasteiger partial charge in [0.25, 0.3) is 5.91 Å². The monoisotopic (exact) mass is 566 g/mol. The zero-order chi connectivity index (χ0) is 31.9. The number of nitrogens with zero attached hydrogens (tertiary/aromatic N) is 4. The van der Waals surface area contributed by atoms with Crippen LogP contribution in [0.2, 0.25) is 0 Å². The number of alkyl halides is 1. The van der Waals surface area contributed by atoms with Crippen molar-refractivity contribution in [1.29, 1.82) is 5.26 Å². The van der Waals surface area contributed by atoms with E-state index in [0.717, 1.165) is 0 Å². The Hall–Kier alpha value is -4.24. The molecule has 0 aliphatic heterocycles. The van der Waals surface area contributed by atoms with E-state index in [0.29, 0.717) is 66.7 Å². The van der Waals surface area contributed by atoms with E-state index >= 15 is 0 Å². The van der Waals surface area contributed by atoms with Gasteiger partial charge in [0, 0.05) is 17.3 Å². The first kappa shape index (κ1) is 24.5. The summed E-state index contributed by atoms with van der Waals surface area (Å²) in [7, 11) is -2.83. The Balaban J connectivity index is 1.42. The van der Waals surface area contributed by atoms with Gasteiger partial charge in [-0.3, -0.25) is 9.78 Å². The van der Waals surface area contributed by atoms with Gasteiger partial charge in [-0.1, -0.05) is 0 Å². The Morgan fingerprint density at radius 3 is 2.59 bits per heavy atom. The molecule has 11 nitrogen and oxygen atoms in total. The fraction of sp³-hybridized carbons (Fsp3) is 0.483. The summed E-state index contributed by atoms with van der Waals surface area (Å²) in [6, 6.07) is 9.11. The number of alkyl carbamates (subject to hydrolysis) is 1. The van der Waals surface area contributed by atoms with Gasteiger partial charge in [-0.05, 0) is 76.6 Å². The number of rotatable bonds is 8. The SMILES string of the molecule is [2H]C([2H])([2H])OC(=O)NC12CCC(Nc3cc(-c4ccc5cc(C#N)cnn45)ncc3C(=O)NC[C@@H](F)C(C)(C)O)(CC1)CC2. The second-order valence-electron chi connectivity index (χ2n) is 11.6. The van der Waals surface area contributed by atoms with Crippen molar-refractivity contribution in [2.45, 2.75) is 75.2 Å². The number of aliphatic hydroxyl groups is 1. The standard InChI is InChI=1S/C29H34FN7O4/c1-27(2,40)24(30)17-33-25(38)20-16-32-22(23-5-4-19-12-18(14-31)15-34-37(19)23)13-21(20)35-28-6-9-29(10-7-28,11-8-28)36-26(39)41-3/h4-5,12-13,15-16,24,40H,6-11,17H2,1-3H3,(H,32,35)(H,33,38)(H,36,39)/t24-,28?,29?/m1/s1/i3D3. The Labute approximate surface area is 241 Å². The predicted molar refractivity (Wildman–Crippen MR) is 149 cm³/mol. The molecule has 0 saturated heterocycles. The van der Waals surface area contributed by atoms with E-state index in [4.69, 9.17) is 4.11 Å². The molecule has 3 fully saturated rings. The second-order valence-corrected chi connectivity index (χ2v) is 11.6. The zero-order valence-electron chi connectivity index (χ0n) is 25.8. The minimum Gasteiger partial charge on any atom is -0.453 e. The molecule has 2 amide bonds. The van der Waals surface area contributed by atoms with Crippen LogP contribution in [0, 0.1) is 11.3 Å². The fourth-order valence-electron chi connectivity index (χ4n) is 5.75. The molecule has 2 bridgehead atoms. The van der Waals surface area contributed by atoms with Crippen LogP contribution >= 0.6 is 0 Å². The summed E-state index contributed by atoms with van der Waals surface area (Å²) < 4.78 is 42.2. The van der Waals surface area contributed by atoms with Gasteiger partial charge in [0.1, 0.15) is 12.2 Å². The Kier molecular flexibility index (Phi) is 6.36. The van der Waals surface area contributed by atoms with E-state index in [-0.39, 0.29) is 5.56 Å². The number of hydrogen-bond acceptors (Lipinski definition) is 8. The number of fused-ring (bicyclic) bond motifs is 4. The van der Waals surface area contributed by atoms with Crippen LogP contribution in [0.3, 0.4) is 0 Å². The number of ether oxygens (including phenoxy) is 1. The molecule has 0 unspecified atom stereocenters. The van der Waals surface area contributed by atoms with Gasteiger partial charge < -0.3 is 25.8 Å². The number of hydrogen-bond donors (Lipinski definition) is 4. The first-order valence-electron chi connectivity index (χ1n) is 14.9. The first-order chi connectivity index (χ1) is 20.6. The van der Waals surface area contributed by atoms with Crippen LogP contribution in [0.5, 0.6) is 0 Å². The Bertz CT molecular complexity index is 1610. The third-order valence-corrected chi connectivity index (χ3v) is 8.35. The number of methoxy groups -OCH3 is 1. The van der Waals surface area contributed by atoms with Crippen molar-refractivity contribution in [3.63, 3.8) is 0 Å². The highest BCUT2D eigenvalue weighted by atomic mass is 19.1. The van der Waals surface area contributed by atoms with E-state index in [1.165, 1.54) is 26.2 Å². The first-order valence-corrected chi connectivity index (χ1v) is 13.4. The molecule has 0 radical (unpaired) electrons. The molecule has 3 aromatic heterocycles. The van der Waals surface area contributed by atoms with Crippen molar-refractivity contribution in [2.75, 3.05) is 18.9 Å². The van der Waals surface area contributed by atoms with E-state index in [1.54, 1.807) is 22.7 Å². The van der Waals surface area contributed by atoms with E-state index < -0.39 is 48.4 Å². The number of halogens is 1. The van der Waals surface area contributed by atoms with Crippen LogP contribution in [-0.4, -0.2) is 68.1 Å². The summed E-state index contributed by atoms with van der Waals surface area (Å²) in [5.41, 5.74) is 0.254. The van der Waals surface area contributed by atoms with Gasteiger partial charge in [0.15, 0.2) is 0 Å². The third kappa shape index (κ3) is 5.67. The molecular weight excluding hydrogens is 529 g/mol. The maximum atomic E-state index is 14.5. The van der Waals surface area contributed by atoms with Crippen molar-refractivity contribution >= 4 is 23.2 Å². The lowest BCUT2D eigenvalue weighted by molar-refractivity contribution is -0.00178. The molecule has 1 atom stereocenters. The normalized spacial score (nSPS) is 23.9. The van der Waals surface area contributed by atoms with Gasteiger partial charge in [0.2, 0.25) is 0 Å². The summed E-state index contributed by atoms with van der Waals surface area (Å²) in [5, 5.41) is 32.5. The topological polar surface area (TPSA) is 154 Å². The average molecular weight is 567 g/mol. The van der Waals surface area contributed by atoms with Gasteiger partial charge in [0.05, 0.1) is 63.2 Å². The summed E-state index contributed by atoms with van der Waals surface area (Å²) in [6.07, 6.45) is 3.76. The highest BCUT2D eigenvalue weighted by Crippen LogP contribution is 2.48. The molecule has 6 rings (SSSR count). The van der Waals surface area contributed by atoms with E-state index in [9.17, 15) is 24.3 Å². The van der Waals surface area contributed by atoms with Gasteiger partial charge in [-0.25, -0.2) is 13.7 Å². The molecule has 4 N–H and O–H groups in total. The van der Waals surface area contributed by atoms with Crippen LogP contribution in [0.15, 0.2) is 36.7 Å². The molecule has 3 saturated carbocycles. The van der Waals surface area contributed by atoms with Gasteiger partial charge >= 0.3 is 6.09 Å². The smallest absolute Gasteiger partial charge is 0.407 e. The Morgan fingerprint density at radius 1 is 1.22 bits per heavy atom. The summed E-state index contributed by atoms with van der Waals surface area (Å²) in [6.45, 7) is 2.25. The molecule has 0 aromatic carbocycles. The number of nitrogens with one attached hydrogen (secondary N) is 3. The van der Waals surface area contributed by atoms with Crippen molar-refractivity contribution in [1.82, 2.24) is 25.2 Å². The highest BCUT2D eigenvalue weighted by Gasteiger charge is 2.49. The maximum Gasteiger partial charge on any atom is 0.407 e. The summed E-state index contributed by atoms with van der Waals surface area (Å²) in [4.78, 5) is 30.1. The van der Waals surface area contributed by atoms with Crippen LogP contribution in [0.1, 0.15) is 72.4 Å². The number of nitriles is 1. The number of anilines is 1. The third-order valence-electron chi connectivity index (χ3n) is 8.35. The fourth-order valence-corrected chi connectivity index (χ4v) is 5.75. The van der Waals surface area contributed by atoms with Gasteiger partial charge in [-0.2, -0.15) is 10.4 Å². The lowest BCUT2D eigenvalue weighted by Crippen LogP contribution is -2.61. The second kappa shape index (κ2) is 10.6. The summed E-state index contributed by atoms with van der Waals surface area (Å²) in [5.74, 6) is -0.568. The molecule has 3 aliphatic carbocycles. The largest absolute Gasteiger partial charge is 0.453 e.